The molecular formula is C7H14ClNO2. The summed E-state index contributed by atoms with van der Waals surface area (Å²) < 4.78 is 4.55. The normalized spacial score (nSPS) is 33.9. The highest BCUT2D eigenvalue weighted by molar-refractivity contribution is 5.85. The van der Waals surface area contributed by atoms with Crippen molar-refractivity contribution in [3.8, 4) is 0 Å². The van der Waals surface area contributed by atoms with Gasteiger partial charge in [0.25, 0.3) is 0 Å². The molecule has 0 saturated heterocycles. The molecule has 0 aromatic carbocycles. The number of nitrogens with two attached hydrogens (primary N) is 1. The maximum atomic E-state index is 10.9. The van der Waals surface area contributed by atoms with Crippen LogP contribution in [0.15, 0.2) is 0 Å². The molecule has 0 unspecified atom stereocenters. The summed E-state index contributed by atoms with van der Waals surface area (Å²) in [6, 6.07) is 0. The van der Waals surface area contributed by atoms with E-state index in [4.69, 9.17) is 5.73 Å². The summed E-state index contributed by atoms with van der Waals surface area (Å²) in [5, 5.41) is 0. The third-order valence-corrected chi connectivity index (χ3v) is 2.21. The number of esters is 1. The average molecular weight is 180 g/mol. The lowest BCUT2D eigenvalue weighted by atomic mass is 10.2. The first-order valence-electron chi connectivity index (χ1n) is 3.52. The topological polar surface area (TPSA) is 52.3 Å². The first-order valence-corrected chi connectivity index (χ1v) is 3.52. The number of hydrogen-bond donors (Lipinski definition) is 1. The molecule has 0 aliphatic heterocycles. The van der Waals surface area contributed by atoms with Gasteiger partial charge in [0.15, 0.2) is 0 Å². The molecule has 0 spiro atoms. The van der Waals surface area contributed by atoms with Gasteiger partial charge in [0.1, 0.15) is 5.54 Å². The van der Waals surface area contributed by atoms with Gasteiger partial charge in [-0.15, -0.1) is 12.4 Å². The van der Waals surface area contributed by atoms with Crippen molar-refractivity contribution < 1.29 is 9.53 Å². The molecule has 0 heterocycles. The van der Waals surface area contributed by atoms with Crippen LogP contribution < -0.4 is 5.73 Å². The van der Waals surface area contributed by atoms with Crippen LogP contribution in [0.5, 0.6) is 0 Å². The SMILES string of the molecule is CC[C@H]1C[C@]1(N)C(=O)OC.Cl. The van der Waals surface area contributed by atoms with E-state index < -0.39 is 5.54 Å². The van der Waals surface area contributed by atoms with Gasteiger partial charge in [-0.05, 0) is 12.3 Å². The largest absolute Gasteiger partial charge is 0.468 e. The van der Waals surface area contributed by atoms with Crippen molar-refractivity contribution in [3.05, 3.63) is 0 Å². The third kappa shape index (κ3) is 1.65. The van der Waals surface area contributed by atoms with Crippen LogP contribution in [0.1, 0.15) is 19.8 Å². The van der Waals surface area contributed by atoms with Gasteiger partial charge in [-0.2, -0.15) is 0 Å². The molecule has 3 nitrogen and oxygen atoms in total. The van der Waals surface area contributed by atoms with Gasteiger partial charge in [0, 0.05) is 0 Å². The standard InChI is InChI=1S/C7H13NO2.ClH/c1-3-5-4-7(5,8)6(9)10-2;/h5H,3-4,8H2,1-2H3;1H/t5-,7+;/m0./s1. The molecule has 1 rings (SSSR count). The second-order valence-electron chi connectivity index (χ2n) is 2.84. The van der Waals surface area contributed by atoms with E-state index in [1.165, 1.54) is 7.11 Å². The highest BCUT2D eigenvalue weighted by atomic mass is 35.5. The molecule has 66 valence electrons. The van der Waals surface area contributed by atoms with E-state index in [1.54, 1.807) is 0 Å². The summed E-state index contributed by atoms with van der Waals surface area (Å²) >= 11 is 0. The zero-order valence-corrected chi connectivity index (χ0v) is 7.61. The molecule has 2 atom stereocenters. The van der Waals surface area contributed by atoms with E-state index in [9.17, 15) is 4.79 Å². The van der Waals surface area contributed by atoms with Crippen molar-refractivity contribution >= 4 is 18.4 Å². The van der Waals surface area contributed by atoms with E-state index >= 15 is 0 Å². The van der Waals surface area contributed by atoms with Crippen LogP contribution in [0.2, 0.25) is 0 Å². The molecule has 0 aromatic rings. The Morgan fingerprint density at radius 3 is 2.64 bits per heavy atom. The molecule has 0 aromatic heterocycles. The van der Waals surface area contributed by atoms with Crippen LogP contribution in [0, 0.1) is 5.92 Å². The van der Waals surface area contributed by atoms with Crippen molar-refractivity contribution in [3.63, 3.8) is 0 Å². The molecule has 0 amide bonds. The number of halogens is 1. The Morgan fingerprint density at radius 2 is 2.36 bits per heavy atom. The third-order valence-electron chi connectivity index (χ3n) is 2.21. The Labute approximate surface area is 72.7 Å². The lowest BCUT2D eigenvalue weighted by Gasteiger charge is -2.06. The Bertz CT molecular complexity index is 163. The molecule has 1 saturated carbocycles. The second-order valence-corrected chi connectivity index (χ2v) is 2.84. The summed E-state index contributed by atoms with van der Waals surface area (Å²) in [6.07, 6.45) is 1.75. The molecule has 11 heavy (non-hydrogen) atoms. The first kappa shape index (κ1) is 10.7. The van der Waals surface area contributed by atoms with Gasteiger partial charge in [-0.3, -0.25) is 4.79 Å². The predicted octanol–water partition coefficient (Wildman–Crippen LogP) is 0.709. The summed E-state index contributed by atoms with van der Waals surface area (Å²) in [5.74, 6) is 0.0827. The van der Waals surface area contributed by atoms with E-state index in [0.717, 1.165) is 12.8 Å². The molecule has 0 radical (unpaired) electrons. The summed E-state index contributed by atoms with van der Waals surface area (Å²) in [6.45, 7) is 2.03. The summed E-state index contributed by atoms with van der Waals surface area (Å²) in [7, 11) is 1.38. The zero-order valence-electron chi connectivity index (χ0n) is 6.79. The molecule has 1 aliphatic carbocycles. The minimum atomic E-state index is -0.635. The smallest absolute Gasteiger partial charge is 0.326 e. The number of hydrogen-bond acceptors (Lipinski definition) is 3. The van der Waals surface area contributed by atoms with Crippen LogP contribution in [0.3, 0.4) is 0 Å². The van der Waals surface area contributed by atoms with Gasteiger partial charge >= 0.3 is 5.97 Å². The van der Waals surface area contributed by atoms with Crippen molar-refractivity contribution in [1.82, 2.24) is 0 Å². The molecule has 1 fully saturated rings. The molecule has 0 bridgehead atoms. The maximum absolute atomic E-state index is 10.9. The van der Waals surface area contributed by atoms with Crippen molar-refractivity contribution in [2.45, 2.75) is 25.3 Å². The number of ether oxygens (including phenoxy) is 1. The highest BCUT2D eigenvalue weighted by Crippen LogP contribution is 2.43. The minimum absolute atomic E-state index is 0. The van der Waals surface area contributed by atoms with Crippen molar-refractivity contribution in [1.29, 1.82) is 0 Å². The van der Waals surface area contributed by atoms with Gasteiger partial charge in [0.2, 0.25) is 0 Å². The highest BCUT2D eigenvalue weighted by Gasteiger charge is 2.56. The van der Waals surface area contributed by atoms with Crippen LogP contribution in [-0.4, -0.2) is 18.6 Å². The van der Waals surface area contributed by atoms with Gasteiger partial charge in [-0.1, -0.05) is 13.3 Å². The molecule has 1 aliphatic rings. The number of methoxy groups -OCH3 is 1. The van der Waals surface area contributed by atoms with Crippen LogP contribution >= 0.6 is 12.4 Å². The lowest BCUT2D eigenvalue weighted by Crippen LogP contribution is -2.36. The summed E-state index contributed by atoms with van der Waals surface area (Å²) in [5.41, 5.74) is 5.05. The first-order chi connectivity index (χ1) is 4.65. The minimum Gasteiger partial charge on any atom is -0.468 e. The molecule has 2 N–H and O–H groups in total. The van der Waals surface area contributed by atoms with Crippen molar-refractivity contribution in [2.24, 2.45) is 11.7 Å². The van der Waals surface area contributed by atoms with Gasteiger partial charge in [-0.25, -0.2) is 0 Å². The fraction of sp³-hybridized carbons (Fsp3) is 0.857. The van der Waals surface area contributed by atoms with Crippen LogP contribution in [-0.2, 0) is 9.53 Å². The lowest BCUT2D eigenvalue weighted by molar-refractivity contribution is -0.143. The quantitative estimate of drug-likeness (QED) is 0.636. The summed E-state index contributed by atoms with van der Waals surface area (Å²) in [4.78, 5) is 10.9. The second kappa shape index (κ2) is 3.41. The zero-order chi connectivity index (χ0) is 7.78. The van der Waals surface area contributed by atoms with Gasteiger partial charge in [0.05, 0.1) is 7.11 Å². The van der Waals surface area contributed by atoms with E-state index in [2.05, 4.69) is 4.74 Å². The van der Waals surface area contributed by atoms with Gasteiger partial charge < -0.3 is 10.5 Å². The Kier molecular flexibility index (Phi) is 3.32. The van der Waals surface area contributed by atoms with Crippen molar-refractivity contribution in [2.75, 3.05) is 7.11 Å². The van der Waals surface area contributed by atoms with Crippen LogP contribution in [0.25, 0.3) is 0 Å². The Morgan fingerprint density at radius 1 is 1.82 bits per heavy atom. The average Bonchev–Trinajstić information content (AvgIpc) is 2.61. The Balaban J connectivity index is 0.000001000. The molecule has 4 heteroatoms. The predicted molar refractivity (Wildman–Crippen MR) is 44.6 cm³/mol. The van der Waals surface area contributed by atoms with Crippen LogP contribution in [0.4, 0.5) is 0 Å². The van der Waals surface area contributed by atoms with E-state index in [0.29, 0.717) is 5.92 Å². The number of carbonyl (C=O) groups excluding carboxylic acids is 1. The number of carbonyl (C=O) groups is 1. The number of rotatable bonds is 2. The Hall–Kier alpha value is -0.280. The maximum Gasteiger partial charge on any atom is 0.326 e. The fourth-order valence-electron chi connectivity index (χ4n) is 1.30. The monoisotopic (exact) mass is 179 g/mol. The fourth-order valence-corrected chi connectivity index (χ4v) is 1.30. The van der Waals surface area contributed by atoms with E-state index in [-0.39, 0.29) is 18.4 Å². The molecular weight excluding hydrogens is 166 g/mol. The van der Waals surface area contributed by atoms with E-state index in [1.807, 2.05) is 6.92 Å².